The van der Waals surface area contributed by atoms with Gasteiger partial charge in [0, 0.05) is 25.2 Å². The van der Waals surface area contributed by atoms with E-state index in [1.807, 2.05) is 6.07 Å². The van der Waals surface area contributed by atoms with Crippen molar-refractivity contribution in [2.75, 3.05) is 23.3 Å². The van der Waals surface area contributed by atoms with Gasteiger partial charge in [-0.2, -0.15) is 4.98 Å². The summed E-state index contributed by atoms with van der Waals surface area (Å²) >= 11 is 11.7. The van der Waals surface area contributed by atoms with Gasteiger partial charge in [-0.3, -0.25) is 0 Å². The predicted molar refractivity (Wildman–Crippen MR) is 113 cm³/mol. The van der Waals surface area contributed by atoms with Crippen LogP contribution >= 0.6 is 23.8 Å². The molecule has 5 nitrogen and oxygen atoms in total. The Morgan fingerprint density at radius 1 is 1.12 bits per heavy atom. The van der Waals surface area contributed by atoms with Crippen LogP contribution in [0.25, 0.3) is 0 Å². The molecule has 1 saturated heterocycles. The van der Waals surface area contributed by atoms with Gasteiger partial charge < -0.3 is 15.5 Å². The highest BCUT2D eigenvalue weighted by Gasteiger charge is 2.23. The second-order valence-corrected chi connectivity index (χ2v) is 8.81. The van der Waals surface area contributed by atoms with Crippen molar-refractivity contribution in [3.8, 4) is 0 Å². The first-order valence-electron chi connectivity index (χ1n) is 9.86. The molecule has 3 rings (SSSR count). The predicted octanol–water partition coefficient (Wildman–Crippen LogP) is 4.62. The molecular weight excluding hydrogens is 366 g/mol. The van der Waals surface area contributed by atoms with Crippen LogP contribution in [0.15, 0.2) is 6.07 Å². The fourth-order valence-electron chi connectivity index (χ4n) is 4.22. The lowest BCUT2D eigenvalue weighted by Gasteiger charge is -2.35. The topological polar surface area (TPSA) is 53.1 Å². The number of nitrogens with one attached hydrogen (secondary N) is 2. The first-order valence-corrected chi connectivity index (χ1v) is 10.7. The third-order valence-corrected chi connectivity index (χ3v) is 5.70. The van der Waals surface area contributed by atoms with Crippen molar-refractivity contribution in [2.24, 2.45) is 11.8 Å². The molecule has 2 fully saturated rings. The molecule has 144 valence electrons. The Hall–Kier alpha value is -1.14. The number of halogens is 1. The van der Waals surface area contributed by atoms with E-state index in [4.69, 9.17) is 23.8 Å². The first-order chi connectivity index (χ1) is 12.5. The molecule has 1 aliphatic heterocycles. The number of hydrogen-bond donors (Lipinski definition) is 2. The number of piperidine rings is 1. The summed E-state index contributed by atoms with van der Waals surface area (Å²) in [6.45, 7) is 6.58. The van der Waals surface area contributed by atoms with Crippen LogP contribution < -0.4 is 15.5 Å². The molecule has 1 aromatic heterocycles. The SMILES string of the molecule is C[C@H]1C[C@H](C)CN(c2cc(Cl)nc(NC(=S)NC3CCCCCC3)n2)C1. The molecule has 2 aliphatic rings. The molecular formula is C19H30ClN5S. The maximum absolute atomic E-state index is 6.26. The Labute approximate surface area is 167 Å². The van der Waals surface area contributed by atoms with E-state index in [0.29, 0.717) is 34.1 Å². The number of anilines is 2. The Morgan fingerprint density at radius 3 is 2.42 bits per heavy atom. The Morgan fingerprint density at radius 2 is 1.77 bits per heavy atom. The van der Waals surface area contributed by atoms with Crippen LogP contribution in [0.2, 0.25) is 5.15 Å². The van der Waals surface area contributed by atoms with Crippen LogP contribution in [0.4, 0.5) is 11.8 Å². The van der Waals surface area contributed by atoms with Crippen LogP contribution in [0.5, 0.6) is 0 Å². The minimum atomic E-state index is 0.444. The van der Waals surface area contributed by atoms with E-state index in [1.165, 1.54) is 44.9 Å². The average molecular weight is 396 g/mol. The zero-order valence-corrected chi connectivity index (χ0v) is 17.4. The van der Waals surface area contributed by atoms with Crippen molar-refractivity contribution in [2.45, 2.75) is 64.8 Å². The number of hydrogen-bond acceptors (Lipinski definition) is 4. The fourth-order valence-corrected chi connectivity index (χ4v) is 4.66. The maximum atomic E-state index is 6.26. The summed E-state index contributed by atoms with van der Waals surface area (Å²) in [4.78, 5) is 11.3. The molecule has 0 amide bonds. The summed E-state index contributed by atoms with van der Waals surface area (Å²) < 4.78 is 0. The first kappa shape index (κ1) is 19.6. The number of aromatic nitrogens is 2. The van der Waals surface area contributed by atoms with Gasteiger partial charge in [-0.25, -0.2) is 4.98 Å². The van der Waals surface area contributed by atoms with Crippen molar-refractivity contribution in [3.05, 3.63) is 11.2 Å². The van der Waals surface area contributed by atoms with E-state index in [2.05, 4.69) is 39.3 Å². The standard InChI is InChI=1S/C19H30ClN5S/c1-13-9-14(2)12-25(11-13)17-10-16(20)22-18(23-17)24-19(26)21-15-7-5-3-4-6-8-15/h10,13-15H,3-9,11-12H2,1-2H3,(H2,21,22,23,24,26)/t13-,14-/m0/s1. The largest absolute Gasteiger partial charge is 0.360 e. The minimum Gasteiger partial charge on any atom is -0.360 e. The van der Waals surface area contributed by atoms with Crippen LogP contribution in [-0.4, -0.2) is 34.2 Å². The smallest absolute Gasteiger partial charge is 0.232 e. The van der Waals surface area contributed by atoms with Gasteiger partial charge in [0.25, 0.3) is 0 Å². The van der Waals surface area contributed by atoms with Gasteiger partial charge in [0.2, 0.25) is 5.95 Å². The minimum absolute atomic E-state index is 0.444. The Kier molecular flexibility index (Phi) is 6.92. The van der Waals surface area contributed by atoms with Crippen LogP contribution in [0.3, 0.4) is 0 Å². The van der Waals surface area contributed by atoms with Gasteiger partial charge in [0.1, 0.15) is 11.0 Å². The summed E-state index contributed by atoms with van der Waals surface area (Å²) in [5, 5.41) is 7.60. The van der Waals surface area contributed by atoms with E-state index in [1.54, 1.807) is 0 Å². The Bertz CT molecular complexity index is 608. The molecule has 1 aliphatic carbocycles. The van der Waals surface area contributed by atoms with Crippen molar-refractivity contribution < 1.29 is 0 Å². The lowest BCUT2D eigenvalue weighted by Crippen LogP contribution is -2.40. The molecule has 0 bridgehead atoms. The van der Waals surface area contributed by atoms with Crippen molar-refractivity contribution in [3.63, 3.8) is 0 Å². The van der Waals surface area contributed by atoms with Crippen LogP contribution in [0.1, 0.15) is 58.8 Å². The highest BCUT2D eigenvalue weighted by atomic mass is 35.5. The molecule has 0 spiro atoms. The third kappa shape index (κ3) is 5.68. The van der Waals surface area contributed by atoms with Gasteiger partial charge in [0.05, 0.1) is 0 Å². The average Bonchev–Trinajstić information content (AvgIpc) is 2.82. The normalized spacial score (nSPS) is 24.8. The highest BCUT2D eigenvalue weighted by molar-refractivity contribution is 7.80. The molecule has 0 radical (unpaired) electrons. The molecule has 1 aromatic rings. The van der Waals surface area contributed by atoms with Gasteiger partial charge in [-0.05, 0) is 43.3 Å². The molecule has 7 heteroatoms. The molecule has 2 N–H and O–H groups in total. The summed E-state index contributed by atoms with van der Waals surface area (Å²) in [6, 6.07) is 2.29. The Balaban J connectivity index is 1.64. The van der Waals surface area contributed by atoms with Gasteiger partial charge in [-0.15, -0.1) is 0 Å². The van der Waals surface area contributed by atoms with E-state index in [9.17, 15) is 0 Å². The van der Waals surface area contributed by atoms with E-state index in [-0.39, 0.29) is 0 Å². The zero-order chi connectivity index (χ0) is 18.5. The van der Waals surface area contributed by atoms with Gasteiger partial charge in [-0.1, -0.05) is 51.1 Å². The highest BCUT2D eigenvalue weighted by Crippen LogP contribution is 2.27. The molecule has 26 heavy (non-hydrogen) atoms. The molecule has 0 unspecified atom stereocenters. The number of nitrogens with zero attached hydrogens (tertiary/aromatic N) is 3. The number of rotatable bonds is 3. The quantitative estimate of drug-likeness (QED) is 0.442. The van der Waals surface area contributed by atoms with E-state index in [0.717, 1.165) is 18.9 Å². The van der Waals surface area contributed by atoms with Crippen LogP contribution in [0, 0.1) is 11.8 Å². The lowest BCUT2D eigenvalue weighted by molar-refractivity contribution is 0.355. The van der Waals surface area contributed by atoms with Crippen LogP contribution in [-0.2, 0) is 0 Å². The van der Waals surface area contributed by atoms with Crippen molar-refractivity contribution >= 4 is 40.7 Å². The molecule has 0 aromatic carbocycles. The van der Waals surface area contributed by atoms with Crippen molar-refractivity contribution in [1.29, 1.82) is 0 Å². The number of thiocarbonyl (C=S) groups is 1. The second-order valence-electron chi connectivity index (χ2n) is 8.01. The third-order valence-electron chi connectivity index (χ3n) is 5.29. The summed E-state index contributed by atoms with van der Waals surface area (Å²) in [6.07, 6.45) is 8.79. The maximum Gasteiger partial charge on any atom is 0.232 e. The zero-order valence-electron chi connectivity index (χ0n) is 15.8. The summed E-state index contributed by atoms with van der Waals surface area (Å²) in [5.74, 6) is 2.66. The summed E-state index contributed by atoms with van der Waals surface area (Å²) in [5.41, 5.74) is 0. The van der Waals surface area contributed by atoms with Gasteiger partial charge >= 0.3 is 0 Å². The second kappa shape index (κ2) is 9.18. The molecule has 1 saturated carbocycles. The summed E-state index contributed by atoms with van der Waals surface area (Å²) in [7, 11) is 0. The molecule has 2 heterocycles. The fraction of sp³-hybridized carbons (Fsp3) is 0.737. The van der Waals surface area contributed by atoms with E-state index < -0.39 is 0 Å². The lowest BCUT2D eigenvalue weighted by atomic mass is 9.92. The molecule has 2 atom stereocenters. The monoisotopic (exact) mass is 395 g/mol. The van der Waals surface area contributed by atoms with E-state index >= 15 is 0 Å². The van der Waals surface area contributed by atoms with Crippen molar-refractivity contribution in [1.82, 2.24) is 15.3 Å². The van der Waals surface area contributed by atoms with Gasteiger partial charge in [0.15, 0.2) is 5.11 Å².